The number of aromatic nitrogens is 3. The van der Waals surface area contributed by atoms with Crippen LogP contribution in [0.15, 0.2) is 69.9 Å². The van der Waals surface area contributed by atoms with Gasteiger partial charge in [-0.3, -0.25) is 4.79 Å². The smallest absolute Gasteiger partial charge is 0.225 e. The number of hydrogen-bond donors (Lipinski definition) is 2. The number of aliphatic hydroxyl groups excluding tert-OH is 1. The molecule has 0 radical (unpaired) electrons. The first-order valence-electron chi connectivity index (χ1n) is 12.1. The summed E-state index contributed by atoms with van der Waals surface area (Å²) in [5.41, 5.74) is 5.80. The Hall–Kier alpha value is -4.30. The van der Waals surface area contributed by atoms with E-state index in [1.807, 2.05) is 44.2 Å². The SMILES string of the molecule is Cc1ccc(C(NC(=O)Cc2ccc3oc(C(O)c4c(C)noc4C)cc3c2)c2ncccn2)c(C)c1. The van der Waals surface area contributed by atoms with Crippen molar-refractivity contribution in [1.82, 2.24) is 20.4 Å². The van der Waals surface area contributed by atoms with Crippen LogP contribution in [0.1, 0.15) is 63.0 Å². The van der Waals surface area contributed by atoms with E-state index in [1.54, 1.807) is 38.4 Å². The van der Waals surface area contributed by atoms with Crippen LogP contribution in [0.25, 0.3) is 11.0 Å². The third kappa shape index (κ3) is 5.01. The minimum absolute atomic E-state index is 0.156. The maximum absolute atomic E-state index is 13.2. The molecule has 0 aliphatic heterocycles. The lowest BCUT2D eigenvalue weighted by Gasteiger charge is -2.20. The van der Waals surface area contributed by atoms with Crippen molar-refractivity contribution in [2.45, 2.75) is 46.3 Å². The van der Waals surface area contributed by atoms with E-state index in [9.17, 15) is 9.90 Å². The molecule has 2 unspecified atom stereocenters. The summed E-state index contributed by atoms with van der Waals surface area (Å²) in [6, 6.07) is 14.7. The Kier molecular flexibility index (Phi) is 6.58. The van der Waals surface area contributed by atoms with Gasteiger partial charge in [-0.2, -0.15) is 0 Å². The molecule has 0 saturated heterocycles. The summed E-state index contributed by atoms with van der Waals surface area (Å²) in [7, 11) is 0. The van der Waals surface area contributed by atoms with Crippen LogP contribution < -0.4 is 5.32 Å². The molecule has 1 amide bonds. The molecule has 8 nitrogen and oxygen atoms in total. The number of furan rings is 1. The topological polar surface area (TPSA) is 114 Å². The third-order valence-corrected chi connectivity index (χ3v) is 6.48. The quantitative estimate of drug-likeness (QED) is 0.327. The zero-order chi connectivity index (χ0) is 26.1. The first kappa shape index (κ1) is 24.4. The normalized spacial score (nSPS) is 13.0. The average Bonchev–Trinajstić information content (AvgIpc) is 3.45. The van der Waals surface area contributed by atoms with Crippen LogP contribution in [-0.2, 0) is 11.2 Å². The number of hydrogen-bond acceptors (Lipinski definition) is 7. The number of fused-ring (bicyclic) bond motifs is 1. The van der Waals surface area contributed by atoms with Crippen molar-refractivity contribution in [3.63, 3.8) is 0 Å². The highest BCUT2D eigenvalue weighted by Gasteiger charge is 2.24. The summed E-state index contributed by atoms with van der Waals surface area (Å²) in [5.74, 6) is 1.31. The lowest BCUT2D eigenvalue weighted by atomic mass is 9.98. The molecule has 0 bridgehead atoms. The highest BCUT2D eigenvalue weighted by atomic mass is 16.5. The van der Waals surface area contributed by atoms with Crippen molar-refractivity contribution in [3.05, 3.63) is 112 Å². The van der Waals surface area contributed by atoms with Gasteiger partial charge in [0.05, 0.1) is 17.7 Å². The van der Waals surface area contributed by atoms with Crippen molar-refractivity contribution in [2.75, 3.05) is 0 Å². The Bertz CT molecular complexity index is 1550. The van der Waals surface area contributed by atoms with Gasteiger partial charge in [0.2, 0.25) is 5.91 Å². The van der Waals surface area contributed by atoms with E-state index >= 15 is 0 Å². The summed E-state index contributed by atoms with van der Waals surface area (Å²) in [4.78, 5) is 22.0. The summed E-state index contributed by atoms with van der Waals surface area (Å²) in [5, 5.41) is 18.7. The highest BCUT2D eigenvalue weighted by molar-refractivity contribution is 5.83. The zero-order valence-electron chi connectivity index (χ0n) is 21.1. The molecule has 0 aliphatic rings. The molecule has 2 N–H and O–H groups in total. The largest absolute Gasteiger partial charge is 0.458 e. The van der Waals surface area contributed by atoms with Crippen LogP contribution in [-0.4, -0.2) is 26.1 Å². The van der Waals surface area contributed by atoms with Gasteiger partial charge in [0.1, 0.15) is 29.2 Å². The molecule has 5 rings (SSSR count). The Labute approximate surface area is 214 Å². The van der Waals surface area contributed by atoms with E-state index in [0.29, 0.717) is 34.2 Å². The minimum atomic E-state index is -0.991. The molecule has 2 aromatic carbocycles. The second kappa shape index (κ2) is 9.99. The summed E-state index contributed by atoms with van der Waals surface area (Å²) in [6.45, 7) is 7.59. The zero-order valence-corrected chi connectivity index (χ0v) is 21.1. The van der Waals surface area contributed by atoms with E-state index in [0.717, 1.165) is 27.6 Å². The lowest BCUT2D eigenvalue weighted by Crippen LogP contribution is -2.32. The Morgan fingerprint density at radius 1 is 1.03 bits per heavy atom. The van der Waals surface area contributed by atoms with Crippen molar-refractivity contribution in [2.24, 2.45) is 0 Å². The fraction of sp³-hybridized carbons (Fsp3) is 0.241. The van der Waals surface area contributed by atoms with Gasteiger partial charge in [-0.25, -0.2) is 9.97 Å². The minimum Gasteiger partial charge on any atom is -0.458 e. The van der Waals surface area contributed by atoms with Gasteiger partial charge in [-0.05, 0) is 68.7 Å². The van der Waals surface area contributed by atoms with Crippen molar-refractivity contribution in [1.29, 1.82) is 0 Å². The fourth-order valence-electron chi connectivity index (χ4n) is 4.67. The molecule has 0 fully saturated rings. The van der Waals surface area contributed by atoms with E-state index in [4.69, 9.17) is 8.94 Å². The number of aryl methyl sites for hydroxylation is 4. The predicted molar refractivity (Wildman–Crippen MR) is 138 cm³/mol. The molecule has 0 aliphatic carbocycles. The molecule has 2 atom stereocenters. The molecule has 8 heteroatoms. The Balaban J connectivity index is 1.37. The summed E-state index contributed by atoms with van der Waals surface area (Å²) in [6.07, 6.45) is 2.52. The van der Waals surface area contributed by atoms with Crippen LogP contribution in [0.4, 0.5) is 0 Å². The monoisotopic (exact) mass is 496 g/mol. The first-order chi connectivity index (χ1) is 17.8. The number of carbonyl (C=O) groups is 1. The van der Waals surface area contributed by atoms with Crippen molar-refractivity contribution in [3.8, 4) is 0 Å². The molecule has 0 spiro atoms. The lowest BCUT2D eigenvalue weighted by molar-refractivity contribution is -0.121. The van der Waals surface area contributed by atoms with Crippen LogP contribution in [0, 0.1) is 27.7 Å². The number of carbonyl (C=O) groups excluding carboxylic acids is 1. The standard InChI is InChI=1S/C29H28N4O4/c1-16-6-8-22(17(2)12-16)27(29-30-10-5-11-31-29)32-25(34)14-20-7-9-23-21(13-20)15-24(36-23)28(35)26-18(3)33-37-19(26)4/h5-13,15,27-28,35H,14H2,1-4H3,(H,32,34). The van der Waals surface area contributed by atoms with Gasteiger partial charge in [0.15, 0.2) is 5.82 Å². The molecule has 0 saturated carbocycles. The predicted octanol–water partition coefficient (Wildman–Crippen LogP) is 4.97. The summed E-state index contributed by atoms with van der Waals surface area (Å²) < 4.78 is 11.1. The molecular formula is C29H28N4O4. The number of nitrogens with one attached hydrogen (secondary N) is 1. The van der Waals surface area contributed by atoms with Gasteiger partial charge in [0.25, 0.3) is 0 Å². The second-order valence-electron chi connectivity index (χ2n) is 9.31. The van der Waals surface area contributed by atoms with Crippen LogP contribution >= 0.6 is 0 Å². The molecule has 37 heavy (non-hydrogen) atoms. The van der Waals surface area contributed by atoms with Crippen molar-refractivity contribution >= 4 is 16.9 Å². The molecule has 3 aromatic heterocycles. The van der Waals surface area contributed by atoms with E-state index in [1.165, 1.54) is 0 Å². The maximum Gasteiger partial charge on any atom is 0.225 e. The van der Waals surface area contributed by atoms with Gasteiger partial charge in [-0.1, -0.05) is 35.0 Å². The Morgan fingerprint density at radius 3 is 2.51 bits per heavy atom. The van der Waals surface area contributed by atoms with Crippen LogP contribution in [0.5, 0.6) is 0 Å². The Morgan fingerprint density at radius 2 is 1.81 bits per heavy atom. The molecular weight excluding hydrogens is 468 g/mol. The van der Waals surface area contributed by atoms with E-state index < -0.39 is 12.1 Å². The van der Waals surface area contributed by atoms with Gasteiger partial charge >= 0.3 is 0 Å². The molecule has 5 aromatic rings. The van der Waals surface area contributed by atoms with Crippen LogP contribution in [0.3, 0.4) is 0 Å². The van der Waals surface area contributed by atoms with E-state index in [-0.39, 0.29) is 12.3 Å². The van der Waals surface area contributed by atoms with Gasteiger partial charge in [-0.15, -0.1) is 0 Å². The van der Waals surface area contributed by atoms with Crippen molar-refractivity contribution < 1.29 is 18.8 Å². The maximum atomic E-state index is 13.2. The van der Waals surface area contributed by atoms with Gasteiger partial charge in [0, 0.05) is 17.8 Å². The fourth-order valence-corrected chi connectivity index (χ4v) is 4.67. The number of rotatable bonds is 7. The second-order valence-corrected chi connectivity index (χ2v) is 9.31. The number of amides is 1. The third-order valence-electron chi connectivity index (χ3n) is 6.48. The number of aliphatic hydroxyl groups is 1. The first-order valence-corrected chi connectivity index (χ1v) is 12.1. The molecule has 188 valence electrons. The number of nitrogens with zero attached hydrogens (tertiary/aromatic N) is 3. The number of benzene rings is 2. The summed E-state index contributed by atoms with van der Waals surface area (Å²) >= 11 is 0. The van der Waals surface area contributed by atoms with Gasteiger partial charge < -0.3 is 19.4 Å². The van der Waals surface area contributed by atoms with Crippen LogP contribution in [0.2, 0.25) is 0 Å². The molecule has 3 heterocycles. The van der Waals surface area contributed by atoms with E-state index in [2.05, 4.69) is 26.5 Å². The highest BCUT2D eigenvalue weighted by Crippen LogP contribution is 2.32. The average molecular weight is 497 g/mol.